The Morgan fingerprint density at radius 1 is 1.06 bits per heavy atom. The molecule has 32 heavy (non-hydrogen) atoms. The van der Waals surface area contributed by atoms with E-state index in [2.05, 4.69) is 46.8 Å². The summed E-state index contributed by atoms with van der Waals surface area (Å²) in [5.41, 5.74) is 5.32. The minimum Gasteiger partial charge on any atom is -0.338 e. The van der Waals surface area contributed by atoms with E-state index in [0.29, 0.717) is 6.54 Å². The molecule has 0 saturated carbocycles. The van der Waals surface area contributed by atoms with Crippen molar-refractivity contribution >= 4 is 17.6 Å². The van der Waals surface area contributed by atoms with E-state index in [9.17, 15) is 4.79 Å². The standard InChI is InChI=1S/C26H27N5O/c1-19-17-21(20(2)31(19)23-10-4-3-5-11-23)13-14-25(32)29-15-8-9-22(18-29)26-28-27-24-12-6-7-16-30(24)26/h3-7,10-14,16-17,22H,8-9,15,18H2,1-2H3/b14-13+. The molecule has 1 atom stereocenters. The zero-order chi connectivity index (χ0) is 22.1. The number of pyridine rings is 1. The minimum absolute atomic E-state index is 0.0491. The van der Waals surface area contributed by atoms with Crippen LogP contribution < -0.4 is 0 Å². The van der Waals surface area contributed by atoms with Gasteiger partial charge < -0.3 is 9.47 Å². The van der Waals surface area contributed by atoms with Gasteiger partial charge in [0, 0.05) is 48.4 Å². The Morgan fingerprint density at radius 3 is 2.72 bits per heavy atom. The van der Waals surface area contributed by atoms with Crippen molar-refractivity contribution in [2.75, 3.05) is 13.1 Å². The molecule has 0 bridgehead atoms. The summed E-state index contributed by atoms with van der Waals surface area (Å²) in [5.74, 6) is 1.18. The van der Waals surface area contributed by atoms with E-state index >= 15 is 0 Å². The monoisotopic (exact) mass is 425 g/mol. The van der Waals surface area contributed by atoms with Gasteiger partial charge in [0.15, 0.2) is 5.65 Å². The fourth-order valence-electron chi connectivity index (χ4n) is 4.72. The number of fused-ring (bicyclic) bond motifs is 1. The molecule has 1 unspecified atom stereocenters. The number of carbonyl (C=O) groups is 1. The van der Waals surface area contributed by atoms with Crippen LogP contribution in [-0.4, -0.2) is 43.1 Å². The van der Waals surface area contributed by atoms with Crippen LogP contribution in [0.5, 0.6) is 0 Å². The van der Waals surface area contributed by atoms with Crippen LogP contribution in [0.2, 0.25) is 0 Å². The van der Waals surface area contributed by atoms with Gasteiger partial charge in [-0.25, -0.2) is 0 Å². The van der Waals surface area contributed by atoms with E-state index in [1.807, 2.05) is 58.0 Å². The molecule has 1 aromatic carbocycles. The molecule has 0 spiro atoms. The van der Waals surface area contributed by atoms with Gasteiger partial charge in [0.25, 0.3) is 0 Å². The lowest BCUT2D eigenvalue weighted by atomic mass is 9.97. The highest BCUT2D eigenvalue weighted by Crippen LogP contribution is 2.27. The molecule has 0 N–H and O–H groups in total. The molecule has 4 aromatic rings. The van der Waals surface area contributed by atoms with Gasteiger partial charge >= 0.3 is 0 Å². The maximum Gasteiger partial charge on any atom is 0.246 e. The fourth-order valence-corrected chi connectivity index (χ4v) is 4.72. The quantitative estimate of drug-likeness (QED) is 0.451. The first kappa shape index (κ1) is 20.2. The highest BCUT2D eigenvalue weighted by atomic mass is 16.2. The molecule has 0 aliphatic carbocycles. The summed E-state index contributed by atoms with van der Waals surface area (Å²) in [6, 6.07) is 18.3. The van der Waals surface area contributed by atoms with E-state index in [4.69, 9.17) is 0 Å². The third-order valence-electron chi connectivity index (χ3n) is 6.33. The van der Waals surface area contributed by atoms with Crippen LogP contribution in [0.15, 0.2) is 66.9 Å². The number of piperidine rings is 1. The highest BCUT2D eigenvalue weighted by molar-refractivity contribution is 5.92. The first-order chi connectivity index (χ1) is 15.6. The second kappa shape index (κ2) is 8.46. The van der Waals surface area contributed by atoms with Crippen molar-refractivity contribution in [1.82, 2.24) is 24.1 Å². The smallest absolute Gasteiger partial charge is 0.246 e. The van der Waals surface area contributed by atoms with Crippen molar-refractivity contribution in [3.8, 4) is 5.69 Å². The van der Waals surface area contributed by atoms with E-state index < -0.39 is 0 Å². The average molecular weight is 426 g/mol. The lowest BCUT2D eigenvalue weighted by Gasteiger charge is -2.31. The Labute approximate surface area is 187 Å². The maximum atomic E-state index is 13.0. The number of hydrogen-bond acceptors (Lipinski definition) is 3. The molecule has 1 saturated heterocycles. The SMILES string of the molecule is Cc1cc(/C=C/C(=O)N2CCCC(c3nnc4ccccn34)C2)c(C)n1-c1ccccc1. The van der Waals surface area contributed by atoms with Gasteiger partial charge in [0.2, 0.25) is 5.91 Å². The largest absolute Gasteiger partial charge is 0.338 e. The number of para-hydroxylation sites is 1. The predicted octanol–water partition coefficient (Wildman–Crippen LogP) is 4.56. The summed E-state index contributed by atoms with van der Waals surface area (Å²) in [6.07, 6.45) is 7.63. The summed E-state index contributed by atoms with van der Waals surface area (Å²) in [7, 11) is 0. The molecule has 162 valence electrons. The Balaban J connectivity index is 1.33. The molecule has 1 amide bonds. The highest BCUT2D eigenvalue weighted by Gasteiger charge is 2.27. The van der Waals surface area contributed by atoms with Crippen LogP contribution in [0, 0.1) is 13.8 Å². The molecule has 0 radical (unpaired) electrons. The molecule has 6 heteroatoms. The van der Waals surface area contributed by atoms with Crippen LogP contribution in [0.3, 0.4) is 0 Å². The maximum absolute atomic E-state index is 13.0. The van der Waals surface area contributed by atoms with E-state index in [0.717, 1.165) is 53.5 Å². The van der Waals surface area contributed by atoms with Gasteiger partial charge in [-0.05, 0) is 68.7 Å². The van der Waals surface area contributed by atoms with Gasteiger partial charge in [-0.1, -0.05) is 24.3 Å². The van der Waals surface area contributed by atoms with Crippen molar-refractivity contribution in [3.63, 3.8) is 0 Å². The zero-order valence-corrected chi connectivity index (χ0v) is 18.5. The lowest BCUT2D eigenvalue weighted by molar-refractivity contribution is -0.127. The van der Waals surface area contributed by atoms with Crippen LogP contribution in [-0.2, 0) is 4.79 Å². The number of nitrogens with zero attached hydrogens (tertiary/aromatic N) is 5. The molecular formula is C26H27N5O. The third kappa shape index (κ3) is 3.73. The van der Waals surface area contributed by atoms with Crippen molar-refractivity contribution in [3.05, 3.63) is 89.6 Å². The minimum atomic E-state index is 0.0491. The first-order valence-electron chi connectivity index (χ1n) is 11.1. The van der Waals surface area contributed by atoms with E-state index in [1.54, 1.807) is 6.08 Å². The number of aryl methyl sites for hydroxylation is 1. The molecule has 6 nitrogen and oxygen atoms in total. The van der Waals surface area contributed by atoms with Crippen LogP contribution in [0.1, 0.15) is 41.5 Å². The third-order valence-corrected chi connectivity index (χ3v) is 6.33. The number of benzene rings is 1. The Bertz CT molecular complexity index is 1280. The van der Waals surface area contributed by atoms with Crippen LogP contribution in [0.4, 0.5) is 0 Å². The second-order valence-electron chi connectivity index (χ2n) is 8.44. The van der Waals surface area contributed by atoms with Crippen molar-refractivity contribution in [1.29, 1.82) is 0 Å². The number of hydrogen-bond donors (Lipinski definition) is 0. The number of rotatable bonds is 4. The molecule has 1 aliphatic rings. The topological polar surface area (TPSA) is 55.4 Å². The van der Waals surface area contributed by atoms with Gasteiger partial charge in [0.05, 0.1) is 0 Å². The normalized spacial score (nSPS) is 16.8. The van der Waals surface area contributed by atoms with Crippen molar-refractivity contribution in [2.24, 2.45) is 0 Å². The predicted molar refractivity (Wildman–Crippen MR) is 126 cm³/mol. The van der Waals surface area contributed by atoms with Crippen molar-refractivity contribution < 1.29 is 4.79 Å². The number of likely N-dealkylation sites (tertiary alicyclic amines) is 1. The van der Waals surface area contributed by atoms with E-state index in [-0.39, 0.29) is 11.8 Å². The van der Waals surface area contributed by atoms with Gasteiger partial charge in [0.1, 0.15) is 5.82 Å². The number of aromatic nitrogens is 4. The second-order valence-corrected chi connectivity index (χ2v) is 8.44. The zero-order valence-electron chi connectivity index (χ0n) is 18.5. The molecule has 1 aliphatic heterocycles. The summed E-state index contributed by atoms with van der Waals surface area (Å²) in [4.78, 5) is 14.9. The molecule has 4 heterocycles. The summed E-state index contributed by atoms with van der Waals surface area (Å²) in [5, 5.41) is 8.69. The summed E-state index contributed by atoms with van der Waals surface area (Å²) < 4.78 is 4.25. The van der Waals surface area contributed by atoms with Crippen molar-refractivity contribution in [2.45, 2.75) is 32.6 Å². The number of carbonyl (C=O) groups excluding carboxylic acids is 1. The summed E-state index contributed by atoms with van der Waals surface area (Å²) in [6.45, 7) is 5.64. The van der Waals surface area contributed by atoms with Crippen LogP contribution in [0.25, 0.3) is 17.4 Å². The number of amides is 1. The lowest BCUT2D eigenvalue weighted by Crippen LogP contribution is -2.38. The molecule has 5 rings (SSSR count). The molecule has 1 fully saturated rings. The Kier molecular flexibility index (Phi) is 5.35. The fraction of sp³-hybridized carbons (Fsp3) is 0.269. The van der Waals surface area contributed by atoms with Crippen LogP contribution >= 0.6 is 0 Å². The molecule has 3 aromatic heterocycles. The Hall–Kier alpha value is -3.67. The average Bonchev–Trinajstić information content (AvgIpc) is 3.38. The van der Waals surface area contributed by atoms with Gasteiger partial charge in [-0.2, -0.15) is 0 Å². The molecular weight excluding hydrogens is 398 g/mol. The Morgan fingerprint density at radius 2 is 1.88 bits per heavy atom. The van der Waals surface area contributed by atoms with E-state index in [1.165, 1.54) is 0 Å². The first-order valence-corrected chi connectivity index (χ1v) is 11.1. The summed E-state index contributed by atoms with van der Waals surface area (Å²) >= 11 is 0. The van der Waals surface area contributed by atoms with Gasteiger partial charge in [-0.15, -0.1) is 10.2 Å². The van der Waals surface area contributed by atoms with Gasteiger partial charge in [-0.3, -0.25) is 9.20 Å².